The molecule has 3 heteroatoms. The summed E-state index contributed by atoms with van der Waals surface area (Å²) in [7, 11) is 1.70. The van der Waals surface area contributed by atoms with Crippen molar-refractivity contribution >= 4 is 34.3 Å². The van der Waals surface area contributed by atoms with Crippen molar-refractivity contribution in [1.29, 1.82) is 0 Å². The summed E-state index contributed by atoms with van der Waals surface area (Å²) < 4.78 is 5.59. The normalized spacial score (nSPS) is 14.8. The van der Waals surface area contributed by atoms with Crippen LogP contribution in [-0.4, -0.2) is 7.11 Å². The molecule has 22 heavy (non-hydrogen) atoms. The van der Waals surface area contributed by atoms with Crippen LogP contribution >= 0.6 is 23.2 Å². The Balaban J connectivity index is 2.17. The molecule has 0 fully saturated rings. The van der Waals surface area contributed by atoms with Gasteiger partial charge in [-0.25, -0.2) is 0 Å². The van der Waals surface area contributed by atoms with Crippen molar-refractivity contribution in [2.75, 3.05) is 7.11 Å². The van der Waals surface area contributed by atoms with Gasteiger partial charge in [-0.15, -0.1) is 0 Å². The zero-order valence-corrected chi connectivity index (χ0v) is 13.7. The number of methoxy groups -OCH3 is 1. The molecule has 1 radical (unpaired) electrons. The Morgan fingerprint density at radius 3 is 1.91 bits per heavy atom. The van der Waals surface area contributed by atoms with Crippen LogP contribution in [0.3, 0.4) is 0 Å². The molecule has 0 aliphatic heterocycles. The number of ether oxygens (including phenoxy) is 1. The lowest BCUT2D eigenvalue weighted by atomic mass is 9.87. The summed E-state index contributed by atoms with van der Waals surface area (Å²) in [5, 5.41) is 1.45. The Kier molecular flexibility index (Phi) is 4.56. The smallest absolute Gasteiger partial charge is 0.123 e. The predicted octanol–water partition coefficient (Wildman–Crippen LogP) is 6.04. The lowest BCUT2D eigenvalue weighted by Crippen LogP contribution is -2.03. The van der Waals surface area contributed by atoms with E-state index < -0.39 is 0 Å². The SMILES string of the molecule is COC1=CC[CH]C(c2ccc(Cl)cc2)=C1c1ccc(Cl)cc1. The highest BCUT2D eigenvalue weighted by molar-refractivity contribution is 6.31. The minimum absolute atomic E-state index is 0.722. The molecule has 0 heterocycles. The average molecular weight is 330 g/mol. The predicted molar refractivity (Wildman–Crippen MR) is 93.7 cm³/mol. The van der Waals surface area contributed by atoms with E-state index in [4.69, 9.17) is 27.9 Å². The van der Waals surface area contributed by atoms with E-state index in [-0.39, 0.29) is 0 Å². The Morgan fingerprint density at radius 2 is 1.36 bits per heavy atom. The van der Waals surface area contributed by atoms with Gasteiger partial charge in [-0.05, 0) is 59.9 Å². The van der Waals surface area contributed by atoms with E-state index in [0.29, 0.717) is 0 Å². The highest BCUT2D eigenvalue weighted by Crippen LogP contribution is 2.39. The monoisotopic (exact) mass is 329 g/mol. The number of halogens is 2. The zero-order chi connectivity index (χ0) is 15.5. The van der Waals surface area contributed by atoms with Crippen molar-refractivity contribution in [3.63, 3.8) is 0 Å². The van der Waals surface area contributed by atoms with Crippen molar-refractivity contribution in [3.8, 4) is 0 Å². The first-order valence-corrected chi connectivity index (χ1v) is 7.78. The van der Waals surface area contributed by atoms with Gasteiger partial charge in [-0.1, -0.05) is 47.5 Å². The van der Waals surface area contributed by atoms with E-state index >= 15 is 0 Å². The number of allylic oxidation sites excluding steroid dienone is 3. The first-order chi connectivity index (χ1) is 10.7. The van der Waals surface area contributed by atoms with Gasteiger partial charge >= 0.3 is 0 Å². The molecule has 3 rings (SSSR count). The van der Waals surface area contributed by atoms with E-state index in [0.717, 1.165) is 44.5 Å². The third-order valence-electron chi connectivity index (χ3n) is 3.65. The summed E-state index contributed by atoms with van der Waals surface area (Å²) in [5.74, 6) is 0.884. The zero-order valence-electron chi connectivity index (χ0n) is 12.1. The first kappa shape index (κ1) is 15.2. The van der Waals surface area contributed by atoms with Gasteiger partial charge in [-0.2, -0.15) is 0 Å². The lowest BCUT2D eigenvalue weighted by molar-refractivity contribution is 0.309. The molecule has 0 aromatic heterocycles. The molecule has 0 saturated carbocycles. The largest absolute Gasteiger partial charge is 0.496 e. The average Bonchev–Trinajstić information content (AvgIpc) is 2.56. The molecule has 0 unspecified atom stereocenters. The van der Waals surface area contributed by atoms with Gasteiger partial charge in [0.15, 0.2) is 0 Å². The summed E-state index contributed by atoms with van der Waals surface area (Å²) in [4.78, 5) is 0. The molecule has 1 aliphatic carbocycles. The van der Waals surface area contributed by atoms with Crippen LogP contribution in [0.4, 0.5) is 0 Å². The molecule has 0 bridgehead atoms. The summed E-state index contributed by atoms with van der Waals surface area (Å²) >= 11 is 12.0. The van der Waals surface area contributed by atoms with E-state index in [1.165, 1.54) is 0 Å². The van der Waals surface area contributed by atoms with Crippen LogP contribution in [0, 0.1) is 6.42 Å². The Labute approximate surface area is 140 Å². The van der Waals surface area contributed by atoms with E-state index in [1.54, 1.807) is 7.11 Å². The summed E-state index contributed by atoms with van der Waals surface area (Å²) in [6, 6.07) is 15.7. The van der Waals surface area contributed by atoms with Gasteiger partial charge in [0.1, 0.15) is 5.76 Å². The second-order valence-electron chi connectivity index (χ2n) is 5.01. The van der Waals surface area contributed by atoms with Gasteiger partial charge in [0.25, 0.3) is 0 Å². The van der Waals surface area contributed by atoms with Crippen LogP contribution < -0.4 is 0 Å². The Bertz CT molecular complexity index is 725. The quantitative estimate of drug-likeness (QED) is 0.666. The maximum Gasteiger partial charge on any atom is 0.123 e. The summed E-state index contributed by atoms with van der Waals surface area (Å²) in [5.41, 5.74) is 4.43. The van der Waals surface area contributed by atoms with Crippen molar-refractivity contribution < 1.29 is 4.74 Å². The topological polar surface area (TPSA) is 9.23 Å². The Morgan fingerprint density at radius 1 is 0.818 bits per heavy atom. The second kappa shape index (κ2) is 6.60. The molecule has 0 spiro atoms. The maximum atomic E-state index is 6.01. The van der Waals surface area contributed by atoms with Crippen LogP contribution in [-0.2, 0) is 4.74 Å². The third kappa shape index (κ3) is 3.06. The summed E-state index contributed by atoms with van der Waals surface area (Å²) in [6.45, 7) is 0. The molecular weight excluding hydrogens is 315 g/mol. The maximum absolute atomic E-state index is 6.01. The van der Waals surface area contributed by atoms with E-state index in [9.17, 15) is 0 Å². The van der Waals surface area contributed by atoms with Gasteiger partial charge < -0.3 is 4.74 Å². The highest BCUT2D eigenvalue weighted by atomic mass is 35.5. The molecule has 2 aromatic carbocycles. The van der Waals surface area contributed by atoms with Crippen LogP contribution in [0.5, 0.6) is 0 Å². The molecule has 0 atom stereocenters. The molecule has 2 aromatic rings. The molecule has 1 aliphatic rings. The number of benzene rings is 2. The van der Waals surface area contributed by atoms with Gasteiger partial charge in [0.05, 0.1) is 7.11 Å². The number of rotatable bonds is 3. The fourth-order valence-electron chi connectivity index (χ4n) is 2.61. The Hall–Kier alpha value is -1.70. The van der Waals surface area contributed by atoms with Crippen molar-refractivity contribution in [1.82, 2.24) is 0 Å². The molecule has 1 nitrogen and oxygen atoms in total. The molecular formula is C19H15Cl2O. The van der Waals surface area contributed by atoms with Gasteiger partial charge in [0.2, 0.25) is 0 Å². The summed E-state index contributed by atoms with van der Waals surface area (Å²) in [6.07, 6.45) is 5.14. The molecule has 0 N–H and O–H groups in total. The highest BCUT2D eigenvalue weighted by Gasteiger charge is 2.20. The standard InChI is InChI=1S/C19H15Cl2O/c1-22-18-4-2-3-17(13-5-9-15(20)10-6-13)19(18)14-7-11-16(21)12-8-14/h3-12H,2H2,1H3. The fraction of sp³-hybridized carbons (Fsp3) is 0.105. The number of hydrogen-bond acceptors (Lipinski definition) is 1. The second-order valence-corrected chi connectivity index (χ2v) is 5.89. The van der Waals surface area contributed by atoms with E-state index in [2.05, 4.69) is 12.5 Å². The first-order valence-electron chi connectivity index (χ1n) is 7.03. The van der Waals surface area contributed by atoms with Crippen LogP contribution in [0.25, 0.3) is 11.1 Å². The van der Waals surface area contributed by atoms with Gasteiger partial charge in [0, 0.05) is 15.6 Å². The molecule has 0 saturated heterocycles. The minimum Gasteiger partial charge on any atom is -0.496 e. The van der Waals surface area contributed by atoms with Gasteiger partial charge in [-0.3, -0.25) is 0 Å². The van der Waals surface area contributed by atoms with Crippen molar-refractivity contribution in [3.05, 3.63) is 88.0 Å². The van der Waals surface area contributed by atoms with Crippen LogP contribution in [0.2, 0.25) is 10.0 Å². The third-order valence-corrected chi connectivity index (χ3v) is 4.15. The number of hydrogen-bond donors (Lipinski definition) is 0. The van der Waals surface area contributed by atoms with E-state index in [1.807, 2.05) is 48.5 Å². The molecule has 0 amide bonds. The van der Waals surface area contributed by atoms with Crippen LogP contribution in [0.15, 0.2) is 60.4 Å². The minimum atomic E-state index is 0.722. The molecule has 111 valence electrons. The van der Waals surface area contributed by atoms with Crippen molar-refractivity contribution in [2.45, 2.75) is 6.42 Å². The van der Waals surface area contributed by atoms with Crippen molar-refractivity contribution in [2.24, 2.45) is 0 Å². The lowest BCUT2D eigenvalue weighted by Gasteiger charge is -2.22. The fourth-order valence-corrected chi connectivity index (χ4v) is 2.86. The van der Waals surface area contributed by atoms with Crippen LogP contribution in [0.1, 0.15) is 17.5 Å².